The van der Waals surface area contributed by atoms with Crippen LogP contribution in [0.2, 0.25) is 0 Å². The average Bonchev–Trinajstić information content (AvgIpc) is 2.60. The highest BCUT2D eigenvalue weighted by atomic mass is 16.5. The number of amides is 1. The lowest BCUT2D eigenvalue weighted by molar-refractivity contribution is 0.102. The number of pyridine rings is 2. The van der Waals surface area contributed by atoms with Crippen molar-refractivity contribution in [1.29, 1.82) is 0 Å². The van der Waals surface area contributed by atoms with Gasteiger partial charge in [-0.3, -0.25) is 14.0 Å². The number of hydrogen-bond acceptors (Lipinski definition) is 5. The molecule has 7 heteroatoms. The van der Waals surface area contributed by atoms with Gasteiger partial charge < -0.3 is 10.1 Å². The molecule has 0 aliphatic rings. The van der Waals surface area contributed by atoms with Crippen molar-refractivity contribution in [3.8, 4) is 5.88 Å². The van der Waals surface area contributed by atoms with Crippen LogP contribution in [0.4, 0.5) is 5.69 Å². The van der Waals surface area contributed by atoms with Crippen molar-refractivity contribution in [2.75, 3.05) is 11.9 Å². The molecule has 3 rings (SSSR count). The Balaban J connectivity index is 2.03. The second-order valence-electron chi connectivity index (χ2n) is 5.56. The van der Waals surface area contributed by atoms with Crippen LogP contribution < -0.4 is 15.6 Å². The number of nitrogens with one attached hydrogen (secondary N) is 1. The van der Waals surface area contributed by atoms with Crippen molar-refractivity contribution in [1.82, 2.24) is 14.4 Å². The lowest BCUT2D eigenvalue weighted by atomic mass is 10.2. The van der Waals surface area contributed by atoms with Gasteiger partial charge in [-0.1, -0.05) is 6.07 Å². The zero-order chi connectivity index (χ0) is 18.0. The molecule has 0 saturated carbocycles. The van der Waals surface area contributed by atoms with Crippen LogP contribution in [0.1, 0.15) is 28.5 Å². The maximum atomic E-state index is 12.7. The number of carbonyl (C=O) groups is 1. The summed E-state index contributed by atoms with van der Waals surface area (Å²) in [6.07, 6.45) is 3.23. The Morgan fingerprint density at radius 2 is 2.08 bits per heavy atom. The summed E-state index contributed by atoms with van der Waals surface area (Å²) >= 11 is 0. The normalized spacial score (nSPS) is 10.7. The van der Waals surface area contributed by atoms with E-state index >= 15 is 0 Å². The van der Waals surface area contributed by atoms with Gasteiger partial charge in [-0.15, -0.1) is 0 Å². The summed E-state index contributed by atoms with van der Waals surface area (Å²) in [5.74, 6) is -0.240. The first-order valence-corrected chi connectivity index (χ1v) is 7.90. The van der Waals surface area contributed by atoms with Crippen LogP contribution in [0.25, 0.3) is 5.65 Å². The third-order valence-corrected chi connectivity index (χ3v) is 3.69. The molecule has 0 spiro atoms. The van der Waals surface area contributed by atoms with Gasteiger partial charge in [-0.05, 0) is 44.5 Å². The van der Waals surface area contributed by atoms with E-state index in [1.807, 2.05) is 19.9 Å². The Morgan fingerprint density at radius 3 is 2.84 bits per heavy atom. The van der Waals surface area contributed by atoms with E-state index in [0.29, 0.717) is 17.9 Å². The summed E-state index contributed by atoms with van der Waals surface area (Å²) in [5, 5.41) is 2.65. The molecule has 0 aromatic carbocycles. The number of carbonyl (C=O) groups excluding carboxylic acids is 1. The molecule has 128 valence electrons. The van der Waals surface area contributed by atoms with Crippen molar-refractivity contribution >= 4 is 17.2 Å². The van der Waals surface area contributed by atoms with Gasteiger partial charge in [0.1, 0.15) is 16.9 Å². The van der Waals surface area contributed by atoms with Gasteiger partial charge in [-0.25, -0.2) is 9.97 Å². The number of nitrogens with zero attached hydrogens (tertiary/aromatic N) is 3. The van der Waals surface area contributed by atoms with Crippen LogP contribution >= 0.6 is 0 Å². The molecular formula is C18H18N4O3. The zero-order valence-corrected chi connectivity index (χ0v) is 14.2. The van der Waals surface area contributed by atoms with Crippen molar-refractivity contribution in [3.05, 3.63) is 63.8 Å². The van der Waals surface area contributed by atoms with Gasteiger partial charge in [0.05, 0.1) is 12.3 Å². The van der Waals surface area contributed by atoms with E-state index in [0.717, 1.165) is 5.56 Å². The van der Waals surface area contributed by atoms with Gasteiger partial charge in [0.15, 0.2) is 0 Å². The molecule has 0 radical (unpaired) electrons. The van der Waals surface area contributed by atoms with Crippen LogP contribution in [0.3, 0.4) is 0 Å². The molecule has 0 saturated heterocycles. The van der Waals surface area contributed by atoms with E-state index in [4.69, 9.17) is 4.74 Å². The number of aryl methyl sites for hydroxylation is 2. The molecular weight excluding hydrogens is 320 g/mol. The summed E-state index contributed by atoms with van der Waals surface area (Å²) < 4.78 is 6.79. The fourth-order valence-electron chi connectivity index (χ4n) is 2.50. The number of anilines is 1. The first-order valence-electron chi connectivity index (χ1n) is 7.90. The van der Waals surface area contributed by atoms with Gasteiger partial charge in [-0.2, -0.15) is 0 Å². The van der Waals surface area contributed by atoms with Gasteiger partial charge in [0.25, 0.3) is 11.5 Å². The van der Waals surface area contributed by atoms with E-state index in [9.17, 15) is 9.59 Å². The first kappa shape index (κ1) is 16.6. The van der Waals surface area contributed by atoms with E-state index in [2.05, 4.69) is 15.3 Å². The van der Waals surface area contributed by atoms with Gasteiger partial charge >= 0.3 is 0 Å². The fraction of sp³-hybridized carbons (Fsp3) is 0.222. The molecule has 3 aromatic rings. The van der Waals surface area contributed by atoms with E-state index < -0.39 is 5.91 Å². The standard InChI is InChI=1S/C18H18N4O3/c1-4-25-17-13(6-5-9-19-17)16(23)21-15-12(3)20-14-8-7-11(2)10-22(14)18(15)24/h5-10H,4H2,1-3H3,(H,21,23). The van der Waals surface area contributed by atoms with Crippen LogP contribution in [0.5, 0.6) is 5.88 Å². The molecule has 1 amide bonds. The molecule has 3 aromatic heterocycles. The second-order valence-corrected chi connectivity index (χ2v) is 5.56. The molecule has 0 atom stereocenters. The molecule has 3 heterocycles. The smallest absolute Gasteiger partial charge is 0.281 e. The van der Waals surface area contributed by atoms with Crippen molar-refractivity contribution < 1.29 is 9.53 Å². The fourth-order valence-corrected chi connectivity index (χ4v) is 2.50. The lowest BCUT2D eigenvalue weighted by Gasteiger charge is -2.11. The molecule has 7 nitrogen and oxygen atoms in total. The molecule has 0 bridgehead atoms. The highest BCUT2D eigenvalue weighted by Gasteiger charge is 2.17. The third kappa shape index (κ3) is 3.21. The monoisotopic (exact) mass is 338 g/mol. The minimum atomic E-state index is -0.467. The van der Waals surface area contributed by atoms with Crippen LogP contribution in [-0.2, 0) is 0 Å². The lowest BCUT2D eigenvalue weighted by Crippen LogP contribution is -2.25. The molecule has 0 aliphatic carbocycles. The Kier molecular flexibility index (Phi) is 4.47. The molecule has 25 heavy (non-hydrogen) atoms. The van der Waals surface area contributed by atoms with Crippen molar-refractivity contribution in [2.24, 2.45) is 0 Å². The molecule has 1 N–H and O–H groups in total. The van der Waals surface area contributed by atoms with E-state index in [-0.39, 0.29) is 22.7 Å². The number of hydrogen-bond donors (Lipinski definition) is 1. The summed E-state index contributed by atoms with van der Waals surface area (Å²) in [6.45, 7) is 5.76. The third-order valence-electron chi connectivity index (χ3n) is 3.69. The summed E-state index contributed by atoms with van der Waals surface area (Å²) in [5.41, 5.74) is 1.97. The maximum absolute atomic E-state index is 12.7. The number of ether oxygens (including phenoxy) is 1. The molecule has 0 aliphatic heterocycles. The molecule has 0 fully saturated rings. The number of fused-ring (bicyclic) bond motifs is 1. The Morgan fingerprint density at radius 1 is 1.28 bits per heavy atom. The van der Waals surface area contributed by atoms with Crippen LogP contribution in [0.15, 0.2) is 41.5 Å². The Hall–Kier alpha value is -3.22. The number of rotatable bonds is 4. The Bertz CT molecular complexity index is 1010. The zero-order valence-electron chi connectivity index (χ0n) is 14.2. The largest absolute Gasteiger partial charge is 0.477 e. The van der Waals surface area contributed by atoms with Crippen molar-refractivity contribution in [3.63, 3.8) is 0 Å². The predicted octanol–water partition coefficient (Wildman–Crippen LogP) is 2.36. The van der Waals surface area contributed by atoms with Crippen LogP contribution in [-0.4, -0.2) is 26.9 Å². The summed E-state index contributed by atoms with van der Waals surface area (Å²) in [4.78, 5) is 33.8. The SMILES string of the molecule is CCOc1ncccc1C(=O)Nc1c(C)nc2ccc(C)cn2c1=O. The van der Waals surface area contributed by atoms with Crippen molar-refractivity contribution in [2.45, 2.75) is 20.8 Å². The molecule has 0 unspecified atom stereocenters. The van der Waals surface area contributed by atoms with Gasteiger partial charge in [0, 0.05) is 12.4 Å². The second kappa shape index (κ2) is 6.72. The summed E-state index contributed by atoms with van der Waals surface area (Å²) in [7, 11) is 0. The first-order chi connectivity index (χ1) is 12.0. The number of aromatic nitrogens is 3. The Labute approximate surface area is 144 Å². The minimum Gasteiger partial charge on any atom is -0.477 e. The highest BCUT2D eigenvalue weighted by molar-refractivity contribution is 6.06. The quantitative estimate of drug-likeness (QED) is 0.789. The average molecular weight is 338 g/mol. The topological polar surface area (TPSA) is 85.6 Å². The maximum Gasteiger partial charge on any atom is 0.281 e. The van der Waals surface area contributed by atoms with Gasteiger partial charge in [0.2, 0.25) is 5.88 Å². The minimum absolute atomic E-state index is 0.138. The van der Waals surface area contributed by atoms with E-state index in [1.54, 1.807) is 37.5 Å². The highest BCUT2D eigenvalue weighted by Crippen LogP contribution is 2.17. The van der Waals surface area contributed by atoms with Crippen LogP contribution in [0, 0.1) is 13.8 Å². The van der Waals surface area contributed by atoms with E-state index in [1.165, 1.54) is 4.40 Å². The summed E-state index contributed by atoms with van der Waals surface area (Å²) in [6, 6.07) is 6.88. The predicted molar refractivity (Wildman–Crippen MR) is 94.3 cm³/mol.